The Morgan fingerprint density at radius 1 is 1.28 bits per heavy atom. The lowest BCUT2D eigenvalue weighted by atomic mass is 9.53. The van der Waals surface area contributed by atoms with E-state index in [1.165, 1.54) is 11.1 Å². The third-order valence-corrected chi connectivity index (χ3v) is 4.91. The molecule has 1 unspecified atom stereocenters. The first-order chi connectivity index (χ1) is 8.59. The largest absolute Gasteiger partial charge is 0.388 e. The van der Waals surface area contributed by atoms with Crippen LogP contribution in [0.1, 0.15) is 37.3 Å². The van der Waals surface area contributed by atoms with Crippen molar-refractivity contribution < 1.29 is 5.11 Å². The molecule has 94 valence electrons. The molecule has 0 spiro atoms. The number of nitrogens with zero attached hydrogens (tertiary/aromatic N) is 1. The van der Waals surface area contributed by atoms with Crippen molar-refractivity contribution in [3.63, 3.8) is 0 Å². The third-order valence-electron chi connectivity index (χ3n) is 4.91. The SMILES string of the molecule is CC1CC(O)(C2(C#N)CCc3ccccc3C2)C1. The first-order valence-electron chi connectivity index (χ1n) is 6.79. The highest BCUT2D eigenvalue weighted by atomic mass is 16.3. The summed E-state index contributed by atoms with van der Waals surface area (Å²) in [6, 6.07) is 10.8. The van der Waals surface area contributed by atoms with Crippen molar-refractivity contribution in [2.24, 2.45) is 11.3 Å². The maximum Gasteiger partial charge on any atom is 0.0903 e. The number of aliphatic hydroxyl groups is 1. The highest BCUT2D eigenvalue weighted by Crippen LogP contribution is 2.54. The number of aryl methyl sites for hydroxylation is 1. The summed E-state index contributed by atoms with van der Waals surface area (Å²) in [7, 11) is 0. The molecule has 0 aliphatic heterocycles. The van der Waals surface area contributed by atoms with Crippen LogP contribution in [0.4, 0.5) is 0 Å². The van der Waals surface area contributed by atoms with Crippen LogP contribution in [0, 0.1) is 22.7 Å². The highest BCUT2D eigenvalue weighted by Gasteiger charge is 2.57. The summed E-state index contributed by atoms with van der Waals surface area (Å²) in [5.41, 5.74) is 1.28. The molecule has 2 aliphatic carbocycles. The van der Waals surface area contributed by atoms with Crippen molar-refractivity contribution in [3.05, 3.63) is 35.4 Å². The molecule has 18 heavy (non-hydrogen) atoms. The van der Waals surface area contributed by atoms with Crippen LogP contribution < -0.4 is 0 Å². The van der Waals surface area contributed by atoms with Gasteiger partial charge in [0.15, 0.2) is 0 Å². The van der Waals surface area contributed by atoms with Crippen LogP contribution in [0.3, 0.4) is 0 Å². The molecule has 0 saturated heterocycles. The van der Waals surface area contributed by atoms with E-state index >= 15 is 0 Å². The van der Waals surface area contributed by atoms with Crippen molar-refractivity contribution >= 4 is 0 Å². The van der Waals surface area contributed by atoms with Gasteiger partial charge >= 0.3 is 0 Å². The molecule has 0 amide bonds. The molecule has 0 radical (unpaired) electrons. The van der Waals surface area contributed by atoms with E-state index in [1.54, 1.807) is 0 Å². The topological polar surface area (TPSA) is 44.0 Å². The zero-order valence-electron chi connectivity index (χ0n) is 10.8. The maximum atomic E-state index is 10.8. The number of fused-ring (bicyclic) bond motifs is 1. The van der Waals surface area contributed by atoms with Crippen LogP contribution in [0.2, 0.25) is 0 Å². The number of hydrogen-bond donors (Lipinski definition) is 1. The number of nitriles is 1. The molecule has 2 aliphatic rings. The van der Waals surface area contributed by atoms with Gasteiger partial charge in [-0.2, -0.15) is 5.26 Å². The second-order valence-corrected chi connectivity index (χ2v) is 6.18. The van der Waals surface area contributed by atoms with Crippen LogP contribution in [0.25, 0.3) is 0 Å². The molecule has 0 heterocycles. The minimum Gasteiger partial charge on any atom is -0.388 e. The quantitative estimate of drug-likeness (QED) is 0.821. The Bertz CT molecular complexity index is 510. The summed E-state index contributed by atoms with van der Waals surface area (Å²) >= 11 is 0. The van der Waals surface area contributed by atoms with Crippen molar-refractivity contribution in [2.45, 2.75) is 44.6 Å². The van der Waals surface area contributed by atoms with E-state index in [4.69, 9.17) is 0 Å². The molecule has 1 saturated carbocycles. The third kappa shape index (κ3) is 1.51. The van der Waals surface area contributed by atoms with Crippen LogP contribution in [-0.4, -0.2) is 10.7 Å². The van der Waals surface area contributed by atoms with Gasteiger partial charge in [-0.1, -0.05) is 31.2 Å². The fourth-order valence-corrected chi connectivity index (χ4v) is 3.82. The van der Waals surface area contributed by atoms with Gasteiger partial charge in [0.1, 0.15) is 0 Å². The smallest absolute Gasteiger partial charge is 0.0903 e. The van der Waals surface area contributed by atoms with E-state index in [1.807, 2.05) is 6.07 Å². The molecule has 1 N–H and O–H groups in total. The van der Waals surface area contributed by atoms with Crippen molar-refractivity contribution in [1.29, 1.82) is 5.26 Å². The predicted octanol–water partition coefficient (Wildman–Crippen LogP) is 2.85. The number of hydrogen-bond acceptors (Lipinski definition) is 2. The van der Waals surface area contributed by atoms with Gasteiger partial charge in [0.05, 0.1) is 17.1 Å². The summed E-state index contributed by atoms with van der Waals surface area (Å²) in [4.78, 5) is 0. The fourth-order valence-electron chi connectivity index (χ4n) is 3.82. The van der Waals surface area contributed by atoms with E-state index in [2.05, 4.69) is 31.2 Å². The first-order valence-corrected chi connectivity index (χ1v) is 6.79. The second kappa shape index (κ2) is 3.83. The van der Waals surface area contributed by atoms with Crippen molar-refractivity contribution in [3.8, 4) is 6.07 Å². The standard InChI is InChI=1S/C16H19NO/c1-12-8-16(18,9-12)15(11-17)7-6-13-4-2-3-5-14(13)10-15/h2-5,12,18H,6-10H2,1H3. The van der Waals surface area contributed by atoms with Crippen LogP contribution >= 0.6 is 0 Å². The molecule has 1 atom stereocenters. The summed E-state index contributed by atoms with van der Waals surface area (Å²) < 4.78 is 0. The lowest BCUT2D eigenvalue weighted by Gasteiger charge is -2.53. The Hall–Kier alpha value is -1.33. The van der Waals surface area contributed by atoms with E-state index in [0.717, 1.165) is 25.7 Å². The molecule has 1 aromatic carbocycles. The van der Waals surface area contributed by atoms with Gasteiger partial charge in [-0.05, 0) is 49.1 Å². The molecule has 0 aromatic heterocycles. The lowest BCUT2D eigenvalue weighted by molar-refractivity contribution is -0.146. The van der Waals surface area contributed by atoms with Crippen molar-refractivity contribution in [1.82, 2.24) is 0 Å². The maximum absolute atomic E-state index is 10.8. The molecule has 2 heteroatoms. The van der Waals surface area contributed by atoms with E-state index in [9.17, 15) is 10.4 Å². The molecule has 1 fully saturated rings. The highest BCUT2D eigenvalue weighted by molar-refractivity contribution is 5.35. The molecule has 3 rings (SSSR count). The Morgan fingerprint density at radius 3 is 2.56 bits per heavy atom. The zero-order valence-corrected chi connectivity index (χ0v) is 10.8. The minimum absolute atomic E-state index is 0.553. The summed E-state index contributed by atoms with van der Waals surface area (Å²) in [5, 5.41) is 20.4. The summed E-state index contributed by atoms with van der Waals surface area (Å²) in [6.45, 7) is 2.15. The van der Waals surface area contributed by atoms with Crippen molar-refractivity contribution in [2.75, 3.05) is 0 Å². The van der Waals surface area contributed by atoms with Gasteiger partial charge in [0, 0.05) is 0 Å². The van der Waals surface area contributed by atoms with Gasteiger partial charge < -0.3 is 5.11 Å². The Kier molecular flexibility index (Phi) is 2.50. The van der Waals surface area contributed by atoms with E-state index < -0.39 is 11.0 Å². The molecular formula is C16H19NO. The first kappa shape index (κ1) is 11.7. The van der Waals surface area contributed by atoms with Gasteiger partial charge in [-0.3, -0.25) is 0 Å². The summed E-state index contributed by atoms with van der Waals surface area (Å²) in [5.74, 6) is 0.553. The van der Waals surface area contributed by atoms with E-state index in [-0.39, 0.29) is 0 Å². The Morgan fingerprint density at radius 2 is 1.94 bits per heavy atom. The lowest BCUT2D eigenvalue weighted by Crippen LogP contribution is -2.58. The van der Waals surface area contributed by atoms with Crippen LogP contribution in [0.5, 0.6) is 0 Å². The average molecular weight is 241 g/mol. The van der Waals surface area contributed by atoms with Crippen LogP contribution in [0.15, 0.2) is 24.3 Å². The fraction of sp³-hybridized carbons (Fsp3) is 0.562. The minimum atomic E-state index is -0.755. The monoisotopic (exact) mass is 241 g/mol. The predicted molar refractivity (Wildman–Crippen MR) is 69.9 cm³/mol. The number of rotatable bonds is 1. The van der Waals surface area contributed by atoms with E-state index in [0.29, 0.717) is 12.3 Å². The Balaban J connectivity index is 1.95. The number of benzene rings is 1. The second-order valence-electron chi connectivity index (χ2n) is 6.18. The van der Waals surface area contributed by atoms with Crippen LogP contribution in [-0.2, 0) is 12.8 Å². The normalized spacial score (nSPS) is 38.4. The Labute approximate surface area is 108 Å². The molecule has 0 bridgehead atoms. The zero-order chi connectivity index (χ0) is 12.8. The van der Waals surface area contributed by atoms with Gasteiger partial charge in [0.25, 0.3) is 0 Å². The summed E-state index contributed by atoms with van der Waals surface area (Å²) in [6.07, 6.45) is 3.98. The molecular weight excluding hydrogens is 222 g/mol. The molecule has 2 nitrogen and oxygen atoms in total. The van der Waals surface area contributed by atoms with Gasteiger partial charge in [0.2, 0.25) is 0 Å². The average Bonchev–Trinajstić information content (AvgIpc) is 2.36. The molecule has 1 aromatic rings. The van der Waals surface area contributed by atoms with Gasteiger partial charge in [-0.15, -0.1) is 0 Å². The van der Waals surface area contributed by atoms with Gasteiger partial charge in [-0.25, -0.2) is 0 Å².